The number of aromatic amines is 1. The Morgan fingerprint density at radius 2 is 1.92 bits per heavy atom. The first-order chi connectivity index (χ1) is 5.79. The molecule has 0 spiro atoms. The summed E-state index contributed by atoms with van der Waals surface area (Å²) in [6, 6.07) is 0. The van der Waals surface area contributed by atoms with Gasteiger partial charge in [0.1, 0.15) is 0 Å². The van der Waals surface area contributed by atoms with Crippen LogP contribution in [0, 0.1) is 0 Å². The average Bonchev–Trinajstić information content (AvgIpc) is 2.37. The number of hydrogen-bond donors (Lipinski definition) is 1. The van der Waals surface area contributed by atoms with E-state index in [-0.39, 0.29) is 0 Å². The zero-order chi connectivity index (χ0) is 8.97. The van der Waals surface area contributed by atoms with Gasteiger partial charge >= 0.3 is 84.4 Å². The van der Waals surface area contributed by atoms with E-state index in [0.29, 0.717) is 0 Å². The molecule has 0 aliphatic carbocycles. The third-order valence-electron chi connectivity index (χ3n) is 2.03. The van der Waals surface area contributed by atoms with Gasteiger partial charge in [-0.1, -0.05) is 0 Å². The topological polar surface area (TPSA) is 15.8 Å². The number of H-pyrrole nitrogens is 1. The zero-order valence-electron chi connectivity index (χ0n) is 7.76. The van der Waals surface area contributed by atoms with Gasteiger partial charge in [0.2, 0.25) is 0 Å². The van der Waals surface area contributed by atoms with Gasteiger partial charge in [-0.2, -0.15) is 0 Å². The maximum atomic E-state index is 3.28. The van der Waals surface area contributed by atoms with Gasteiger partial charge in [-0.25, -0.2) is 0 Å². The van der Waals surface area contributed by atoms with Crippen molar-refractivity contribution < 1.29 is 18.3 Å². The Kier molecular flexibility index (Phi) is 4.01. The van der Waals surface area contributed by atoms with Gasteiger partial charge in [0.25, 0.3) is 0 Å². The van der Waals surface area contributed by atoms with Crippen molar-refractivity contribution in [1.82, 2.24) is 4.98 Å². The van der Waals surface area contributed by atoms with Gasteiger partial charge in [-0.05, 0) is 0 Å². The van der Waals surface area contributed by atoms with Crippen molar-refractivity contribution in [3.05, 3.63) is 17.3 Å². The van der Waals surface area contributed by atoms with Crippen molar-refractivity contribution in [3.8, 4) is 0 Å². The Bertz CT molecular complexity index is 240. The normalized spacial score (nSPS) is 10.6. The SMILES string of the molecule is CCCc1c[nH][c]([Ru])c1CCC. The molecule has 1 N–H and O–H groups in total. The molecule has 1 aromatic heterocycles. The van der Waals surface area contributed by atoms with Crippen LogP contribution in [0.15, 0.2) is 6.20 Å². The molecule has 0 saturated carbocycles. The van der Waals surface area contributed by atoms with Crippen molar-refractivity contribution in [2.24, 2.45) is 0 Å². The molecule has 0 bridgehead atoms. The first kappa shape index (κ1) is 9.99. The van der Waals surface area contributed by atoms with Gasteiger partial charge in [0, 0.05) is 0 Å². The first-order valence-corrected chi connectivity index (χ1v) is 5.49. The molecule has 0 atom stereocenters. The van der Waals surface area contributed by atoms with E-state index >= 15 is 0 Å². The second kappa shape index (κ2) is 4.81. The fourth-order valence-corrected chi connectivity index (χ4v) is 2.09. The van der Waals surface area contributed by atoms with E-state index in [1.807, 2.05) is 0 Å². The van der Waals surface area contributed by atoms with Crippen LogP contribution >= 0.6 is 0 Å². The summed E-state index contributed by atoms with van der Waals surface area (Å²) in [5.74, 6) is 0. The fraction of sp³-hybridized carbons (Fsp3) is 0.600. The quantitative estimate of drug-likeness (QED) is 0.789. The Morgan fingerprint density at radius 1 is 1.25 bits per heavy atom. The standard InChI is InChI=1S/C10H16N.Ru/c1-3-5-9-7-11-8-10(9)6-4-2;/h7,11H,3-6H2,1-2H3;. The molecule has 0 fully saturated rings. The summed E-state index contributed by atoms with van der Waals surface area (Å²) in [7, 11) is 0. The molecule has 1 heterocycles. The van der Waals surface area contributed by atoms with Crippen molar-refractivity contribution >= 4 is 4.29 Å². The summed E-state index contributed by atoms with van der Waals surface area (Å²) >= 11 is 2.68. The van der Waals surface area contributed by atoms with E-state index in [4.69, 9.17) is 0 Å². The summed E-state index contributed by atoms with van der Waals surface area (Å²) in [4.78, 5) is 3.28. The van der Waals surface area contributed by atoms with E-state index in [9.17, 15) is 0 Å². The fourth-order valence-electron chi connectivity index (χ4n) is 1.47. The van der Waals surface area contributed by atoms with Crippen molar-refractivity contribution in [2.75, 3.05) is 0 Å². The van der Waals surface area contributed by atoms with Crippen molar-refractivity contribution in [3.63, 3.8) is 0 Å². The van der Waals surface area contributed by atoms with Crippen LogP contribution in [0.3, 0.4) is 0 Å². The number of nitrogens with one attached hydrogen (secondary N) is 1. The third kappa shape index (κ3) is 2.20. The average molecular weight is 251 g/mol. The molecular formula is C10H16NRu. The summed E-state index contributed by atoms with van der Waals surface area (Å²) in [6.07, 6.45) is 7.04. The van der Waals surface area contributed by atoms with Crippen LogP contribution in [-0.2, 0) is 31.1 Å². The van der Waals surface area contributed by atoms with E-state index in [1.165, 1.54) is 41.1 Å². The van der Waals surface area contributed by atoms with Crippen LogP contribution in [0.4, 0.5) is 0 Å². The van der Waals surface area contributed by atoms with Crippen LogP contribution in [0.2, 0.25) is 0 Å². The number of aryl methyl sites for hydroxylation is 1. The number of hydrogen-bond acceptors (Lipinski definition) is 0. The van der Waals surface area contributed by atoms with E-state index in [1.54, 1.807) is 0 Å². The third-order valence-corrected chi connectivity index (χ3v) is 2.81. The Morgan fingerprint density at radius 3 is 2.50 bits per heavy atom. The molecule has 69 valence electrons. The molecule has 1 nitrogen and oxygen atoms in total. The van der Waals surface area contributed by atoms with Crippen LogP contribution in [0.5, 0.6) is 0 Å². The summed E-state index contributed by atoms with van der Waals surface area (Å²) in [5, 5.41) is 0. The molecule has 0 saturated heterocycles. The molecule has 2 heteroatoms. The van der Waals surface area contributed by atoms with Crippen LogP contribution in [0.1, 0.15) is 37.8 Å². The Labute approximate surface area is 84.6 Å². The molecule has 1 aromatic rings. The van der Waals surface area contributed by atoms with Gasteiger partial charge < -0.3 is 0 Å². The van der Waals surface area contributed by atoms with Gasteiger partial charge in [-0.15, -0.1) is 0 Å². The molecule has 0 radical (unpaired) electrons. The van der Waals surface area contributed by atoms with Crippen molar-refractivity contribution in [1.29, 1.82) is 0 Å². The van der Waals surface area contributed by atoms with E-state index in [0.717, 1.165) is 0 Å². The molecule has 0 aromatic carbocycles. The van der Waals surface area contributed by atoms with Gasteiger partial charge in [0.15, 0.2) is 0 Å². The molecule has 0 aliphatic heterocycles. The molecule has 0 amide bonds. The van der Waals surface area contributed by atoms with Gasteiger partial charge in [-0.3, -0.25) is 0 Å². The zero-order valence-corrected chi connectivity index (χ0v) is 9.50. The minimum atomic E-state index is 1.21. The van der Waals surface area contributed by atoms with Crippen LogP contribution < -0.4 is 4.29 Å². The first-order valence-electron chi connectivity index (χ1n) is 4.63. The van der Waals surface area contributed by atoms with Gasteiger partial charge in [0.05, 0.1) is 0 Å². The number of rotatable bonds is 4. The summed E-state index contributed by atoms with van der Waals surface area (Å²) in [5.41, 5.74) is 3.03. The molecule has 12 heavy (non-hydrogen) atoms. The second-order valence-corrected chi connectivity index (χ2v) is 3.96. The molecule has 0 aliphatic rings. The van der Waals surface area contributed by atoms with Crippen LogP contribution in [0.25, 0.3) is 0 Å². The van der Waals surface area contributed by atoms with Crippen molar-refractivity contribution in [2.45, 2.75) is 39.5 Å². The predicted molar refractivity (Wildman–Crippen MR) is 48.4 cm³/mol. The summed E-state index contributed by atoms with van der Waals surface area (Å²) in [6.45, 7) is 4.46. The molecule has 0 unspecified atom stereocenters. The summed E-state index contributed by atoms with van der Waals surface area (Å²) < 4.78 is 1.29. The monoisotopic (exact) mass is 252 g/mol. The molecule has 1 rings (SSSR count). The minimum absolute atomic E-state index is 1.21. The number of aromatic nitrogens is 1. The second-order valence-electron chi connectivity index (χ2n) is 3.09. The van der Waals surface area contributed by atoms with E-state index in [2.05, 4.69) is 43.3 Å². The predicted octanol–water partition coefficient (Wildman–Crippen LogP) is 2.09. The maximum absolute atomic E-state index is 3.28. The van der Waals surface area contributed by atoms with E-state index < -0.39 is 0 Å². The van der Waals surface area contributed by atoms with Crippen LogP contribution in [-0.4, -0.2) is 4.98 Å². The molecular weight excluding hydrogens is 235 g/mol. The Balaban J connectivity index is 2.80. The Hall–Kier alpha value is -0.0966.